The van der Waals surface area contributed by atoms with Crippen LogP contribution in [0.1, 0.15) is 157 Å². The third-order valence-electron chi connectivity index (χ3n) is 19.0. The molecule has 7 heteroatoms. The molecule has 61 heavy (non-hydrogen) atoms. The Morgan fingerprint density at radius 2 is 1.61 bits per heavy atom. The summed E-state index contributed by atoms with van der Waals surface area (Å²) in [6.45, 7) is 23.9. The molecule has 0 bridgehead atoms. The van der Waals surface area contributed by atoms with Crippen molar-refractivity contribution in [2.24, 2.45) is 68.5 Å². The molecule has 8 rings (SSSR count). The molecule has 6 fully saturated rings. The number of allylic oxidation sites excluding steroid dienone is 3. The van der Waals surface area contributed by atoms with Crippen molar-refractivity contribution < 1.29 is 24.2 Å². The first-order chi connectivity index (χ1) is 28.8. The zero-order valence-electron chi connectivity index (χ0n) is 39.0. The number of esters is 1. The Bertz CT molecular complexity index is 1840. The third-order valence-corrected chi connectivity index (χ3v) is 19.0. The van der Waals surface area contributed by atoms with E-state index in [1.165, 1.54) is 62.9 Å². The second-order valence-corrected chi connectivity index (χ2v) is 23.8. The second-order valence-electron chi connectivity index (χ2n) is 23.8. The number of aliphatic carboxylic acids is 1. The molecule has 336 valence electrons. The largest absolute Gasteiger partial charge is 0.481 e. The standard InChI is InChI=1S/C54H80N2O5/c1-35(2)40-18-26-54(49(60)55-39-15-14-38(31-39)34-56-28-22-37(23-29-56)30-36-12-10-9-11-13-36)27-19-42-41(48(40)54)16-17-44-52(42,7)24-20-43-51(5,6)45(21-25-53(43,44)8)61-47(59)33-50(3,4)32-46(57)58/h9-13,19,37-41,43-45,48H,1,14-18,20-34H2,2-8H3,(H,55,60)(H,57,58)/t38?,39?,40-,41-,43-,44-,45?,48+,52-,53-,54-/m0/s1. The lowest BCUT2D eigenvalue weighted by molar-refractivity contribution is -0.196. The molecule has 5 saturated carbocycles. The zero-order chi connectivity index (χ0) is 43.5. The van der Waals surface area contributed by atoms with E-state index in [9.17, 15) is 19.5 Å². The van der Waals surface area contributed by atoms with Gasteiger partial charge in [0, 0.05) is 18.0 Å². The van der Waals surface area contributed by atoms with Crippen LogP contribution in [0.15, 0.2) is 54.1 Å². The molecule has 1 aliphatic heterocycles. The lowest BCUT2D eigenvalue weighted by Crippen LogP contribution is -2.62. The molecule has 1 amide bonds. The average molecular weight is 837 g/mol. The first-order valence-corrected chi connectivity index (χ1v) is 24.7. The first kappa shape index (κ1) is 44.7. The average Bonchev–Trinajstić information content (AvgIpc) is 3.81. The van der Waals surface area contributed by atoms with Crippen LogP contribution >= 0.6 is 0 Å². The lowest BCUT2D eigenvalue weighted by atomic mass is 9.38. The molecule has 1 heterocycles. The molecule has 0 radical (unpaired) electrons. The van der Waals surface area contributed by atoms with Gasteiger partial charge in [-0.25, -0.2) is 0 Å². The maximum absolute atomic E-state index is 14.9. The normalized spacial score (nSPS) is 38.6. The summed E-state index contributed by atoms with van der Waals surface area (Å²) < 4.78 is 6.30. The van der Waals surface area contributed by atoms with Crippen LogP contribution in [0, 0.1) is 68.5 Å². The number of hydrogen-bond donors (Lipinski definition) is 2. The van der Waals surface area contributed by atoms with Crippen LogP contribution < -0.4 is 5.32 Å². The van der Waals surface area contributed by atoms with E-state index in [4.69, 9.17) is 4.74 Å². The molecule has 1 aromatic rings. The van der Waals surface area contributed by atoms with Gasteiger partial charge in [0.1, 0.15) is 6.10 Å². The fourth-order valence-electron chi connectivity index (χ4n) is 16.1. The van der Waals surface area contributed by atoms with Crippen molar-refractivity contribution in [1.82, 2.24) is 10.2 Å². The summed E-state index contributed by atoms with van der Waals surface area (Å²) in [5.74, 6) is 2.75. The van der Waals surface area contributed by atoms with Gasteiger partial charge in [-0.3, -0.25) is 14.4 Å². The van der Waals surface area contributed by atoms with Crippen molar-refractivity contribution in [3.63, 3.8) is 0 Å². The van der Waals surface area contributed by atoms with E-state index >= 15 is 0 Å². The molecule has 11 atom stereocenters. The maximum atomic E-state index is 14.9. The summed E-state index contributed by atoms with van der Waals surface area (Å²) in [4.78, 5) is 42.4. The van der Waals surface area contributed by atoms with Crippen molar-refractivity contribution in [2.45, 2.75) is 170 Å². The highest BCUT2D eigenvalue weighted by atomic mass is 16.5. The molecule has 0 aromatic heterocycles. The van der Waals surface area contributed by atoms with Gasteiger partial charge in [-0.05, 0) is 180 Å². The highest BCUT2D eigenvalue weighted by Gasteiger charge is 2.67. The van der Waals surface area contributed by atoms with Gasteiger partial charge < -0.3 is 20.1 Å². The molecule has 7 nitrogen and oxygen atoms in total. The highest BCUT2D eigenvalue weighted by molar-refractivity contribution is 5.84. The molecule has 2 N–H and O–H groups in total. The maximum Gasteiger partial charge on any atom is 0.306 e. The zero-order valence-corrected chi connectivity index (χ0v) is 39.0. The van der Waals surface area contributed by atoms with Crippen LogP contribution in [0.25, 0.3) is 0 Å². The summed E-state index contributed by atoms with van der Waals surface area (Å²) in [6.07, 6.45) is 19.1. The summed E-state index contributed by atoms with van der Waals surface area (Å²) >= 11 is 0. The Hall–Kier alpha value is -2.93. The Balaban J connectivity index is 0.921. The predicted octanol–water partition coefficient (Wildman–Crippen LogP) is 11.2. The monoisotopic (exact) mass is 837 g/mol. The number of carboxylic acids is 1. The van der Waals surface area contributed by atoms with Crippen LogP contribution in [0.2, 0.25) is 0 Å². The lowest BCUT2D eigenvalue weighted by Gasteiger charge is -2.67. The summed E-state index contributed by atoms with van der Waals surface area (Å²) in [5.41, 5.74) is 3.44. The van der Waals surface area contributed by atoms with Gasteiger partial charge in [0.15, 0.2) is 0 Å². The number of nitrogens with zero attached hydrogens (tertiary/aromatic N) is 1. The number of rotatable bonds is 12. The van der Waals surface area contributed by atoms with Gasteiger partial charge in [0.25, 0.3) is 0 Å². The van der Waals surface area contributed by atoms with Gasteiger partial charge in [0.05, 0.1) is 18.3 Å². The van der Waals surface area contributed by atoms with E-state index in [1.54, 1.807) is 5.57 Å². The first-order valence-electron chi connectivity index (χ1n) is 24.7. The van der Waals surface area contributed by atoms with Crippen LogP contribution in [0.4, 0.5) is 0 Å². The Kier molecular flexibility index (Phi) is 12.4. The number of likely N-dealkylation sites (tertiary alicyclic amines) is 1. The van der Waals surface area contributed by atoms with Crippen molar-refractivity contribution in [1.29, 1.82) is 0 Å². The second kappa shape index (κ2) is 16.9. The van der Waals surface area contributed by atoms with E-state index in [-0.39, 0.29) is 52.6 Å². The van der Waals surface area contributed by atoms with E-state index in [0.717, 1.165) is 70.1 Å². The van der Waals surface area contributed by atoms with Gasteiger partial charge in [-0.1, -0.05) is 95.7 Å². The number of amides is 1. The van der Waals surface area contributed by atoms with E-state index in [2.05, 4.69) is 87.8 Å². The number of carboxylic acid groups (broad SMARTS) is 1. The minimum Gasteiger partial charge on any atom is -0.481 e. The Morgan fingerprint density at radius 3 is 2.31 bits per heavy atom. The molecular formula is C54H80N2O5. The van der Waals surface area contributed by atoms with E-state index in [1.807, 2.05) is 13.8 Å². The summed E-state index contributed by atoms with van der Waals surface area (Å²) in [7, 11) is 0. The fourth-order valence-corrected chi connectivity index (χ4v) is 16.1. The van der Waals surface area contributed by atoms with Crippen molar-refractivity contribution in [3.8, 4) is 0 Å². The summed E-state index contributed by atoms with van der Waals surface area (Å²) in [6, 6.07) is 11.3. The van der Waals surface area contributed by atoms with Crippen LogP contribution in [-0.2, 0) is 25.5 Å². The fraction of sp³-hybridized carbons (Fsp3) is 0.759. The molecule has 1 aromatic carbocycles. The number of hydrogen-bond acceptors (Lipinski definition) is 5. The van der Waals surface area contributed by atoms with Gasteiger partial charge in [-0.2, -0.15) is 0 Å². The van der Waals surface area contributed by atoms with Crippen LogP contribution in [-0.4, -0.2) is 59.6 Å². The van der Waals surface area contributed by atoms with Crippen molar-refractivity contribution in [3.05, 3.63) is 59.7 Å². The number of nitrogens with one attached hydrogen (secondary N) is 1. The smallest absolute Gasteiger partial charge is 0.306 e. The number of ether oxygens (including phenoxy) is 1. The predicted molar refractivity (Wildman–Crippen MR) is 243 cm³/mol. The van der Waals surface area contributed by atoms with Crippen LogP contribution in [0.3, 0.4) is 0 Å². The van der Waals surface area contributed by atoms with Crippen molar-refractivity contribution >= 4 is 17.8 Å². The highest BCUT2D eigenvalue weighted by Crippen LogP contribution is 2.73. The molecule has 6 aliphatic carbocycles. The number of piperidine rings is 1. The molecule has 3 unspecified atom stereocenters. The Morgan fingerprint density at radius 1 is 0.869 bits per heavy atom. The topological polar surface area (TPSA) is 95.9 Å². The minimum absolute atomic E-state index is 0.0510. The Labute approximate surface area is 368 Å². The number of carbonyl (C=O) groups excluding carboxylic acids is 2. The van der Waals surface area contributed by atoms with Gasteiger partial charge in [-0.15, -0.1) is 0 Å². The molecular weight excluding hydrogens is 757 g/mol. The van der Waals surface area contributed by atoms with Gasteiger partial charge in [0.2, 0.25) is 5.91 Å². The molecule has 1 saturated heterocycles. The van der Waals surface area contributed by atoms with E-state index < -0.39 is 11.4 Å². The van der Waals surface area contributed by atoms with Crippen molar-refractivity contribution in [2.75, 3.05) is 19.6 Å². The quantitative estimate of drug-likeness (QED) is 0.161. The van der Waals surface area contributed by atoms with E-state index in [0.29, 0.717) is 41.4 Å². The number of fused-ring (bicyclic) bond motifs is 7. The third kappa shape index (κ3) is 8.46. The SMILES string of the molecule is C=C(C)[C@@H]1CC[C@]2(C(=O)NC3CCC(CN4CCC(Cc5ccccc5)CC4)C3)CC=C3[C@H](CC[C@@H]4[C@@]5(C)CCC(OC(=O)CC(C)(C)CC(=O)O)C(C)(C)[C@@H]5CC[C@@]34C)[C@@H]12. The minimum atomic E-state index is -0.884. The summed E-state index contributed by atoms with van der Waals surface area (Å²) in [5, 5.41) is 13.1. The van der Waals surface area contributed by atoms with Crippen LogP contribution in [0.5, 0.6) is 0 Å². The number of benzene rings is 1. The molecule has 7 aliphatic rings. The van der Waals surface area contributed by atoms with Gasteiger partial charge >= 0.3 is 11.9 Å². The number of carbonyl (C=O) groups is 3. The molecule has 0 spiro atoms.